The first-order valence-corrected chi connectivity index (χ1v) is 7.20. The van der Waals surface area contributed by atoms with Crippen LogP contribution in [0.5, 0.6) is 0 Å². The molecule has 0 amide bonds. The van der Waals surface area contributed by atoms with Crippen molar-refractivity contribution in [2.45, 2.75) is 17.7 Å². The first-order valence-electron chi connectivity index (χ1n) is 4.67. The Hall–Kier alpha value is -0.290. The zero-order valence-corrected chi connectivity index (χ0v) is 10.9. The minimum atomic E-state index is -3.49. The van der Waals surface area contributed by atoms with Crippen LogP contribution in [-0.2, 0) is 9.84 Å². The van der Waals surface area contributed by atoms with Crippen LogP contribution in [0, 0.1) is 0 Å². The molecule has 3 nitrogen and oxygen atoms in total. The lowest BCUT2D eigenvalue weighted by atomic mass is 10.1. The molecule has 90 valence electrons. The van der Waals surface area contributed by atoms with Gasteiger partial charge in [0.1, 0.15) is 6.10 Å². The van der Waals surface area contributed by atoms with Crippen LogP contribution in [-0.4, -0.2) is 24.0 Å². The molecule has 0 saturated heterocycles. The van der Waals surface area contributed by atoms with Gasteiger partial charge >= 0.3 is 0 Å². The van der Waals surface area contributed by atoms with Gasteiger partial charge in [0.2, 0.25) is 0 Å². The van der Waals surface area contributed by atoms with E-state index < -0.39 is 20.7 Å². The lowest BCUT2D eigenvalue weighted by Gasteiger charge is -2.17. The molecule has 0 aromatic heterocycles. The van der Waals surface area contributed by atoms with Crippen molar-refractivity contribution in [2.75, 3.05) is 5.75 Å². The molecule has 0 radical (unpaired) electrons. The third-order valence-electron chi connectivity index (χ3n) is 2.18. The van der Waals surface area contributed by atoms with E-state index in [9.17, 15) is 13.5 Å². The normalized spacial score (nSPS) is 15.8. The summed E-state index contributed by atoms with van der Waals surface area (Å²) >= 11 is 11.5. The van der Waals surface area contributed by atoms with Crippen LogP contribution >= 0.6 is 23.2 Å². The van der Waals surface area contributed by atoms with E-state index in [2.05, 4.69) is 0 Å². The van der Waals surface area contributed by atoms with E-state index in [4.69, 9.17) is 23.2 Å². The van der Waals surface area contributed by atoms with E-state index in [0.717, 1.165) is 0 Å². The molecule has 16 heavy (non-hydrogen) atoms. The molecular formula is C10H12Cl2O3S. The summed E-state index contributed by atoms with van der Waals surface area (Å²) in [5.74, 6) is -0.112. The van der Waals surface area contributed by atoms with Crippen molar-refractivity contribution in [3.05, 3.63) is 34.9 Å². The lowest BCUT2D eigenvalue weighted by molar-refractivity contribution is 0.191. The molecule has 2 atom stereocenters. The van der Waals surface area contributed by atoms with Gasteiger partial charge in [0.25, 0.3) is 0 Å². The first kappa shape index (κ1) is 13.8. The van der Waals surface area contributed by atoms with Gasteiger partial charge in [-0.25, -0.2) is 8.42 Å². The van der Waals surface area contributed by atoms with Gasteiger partial charge in [0.05, 0.1) is 0 Å². The monoisotopic (exact) mass is 282 g/mol. The Bertz CT molecular complexity index is 459. The van der Waals surface area contributed by atoms with E-state index in [-0.39, 0.29) is 5.75 Å². The number of aliphatic hydroxyl groups is 1. The summed E-state index contributed by atoms with van der Waals surface area (Å²) in [4.78, 5) is 0. The standard InChI is InChI=1S/C10H12Cl2O3S/c1-2-16(14,15)10(12)9(13)7-4-3-5-8(11)6-7/h3-6,9-10,13H,2H2,1H3/t9-,10-/m0/s1. The molecule has 0 saturated carbocycles. The number of rotatable bonds is 4. The van der Waals surface area contributed by atoms with Crippen molar-refractivity contribution in [3.63, 3.8) is 0 Å². The zero-order valence-electron chi connectivity index (χ0n) is 8.60. The summed E-state index contributed by atoms with van der Waals surface area (Å²) in [6, 6.07) is 6.34. The Morgan fingerprint density at radius 2 is 2.06 bits per heavy atom. The highest BCUT2D eigenvalue weighted by Crippen LogP contribution is 2.27. The van der Waals surface area contributed by atoms with E-state index in [1.165, 1.54) is 13.0 Å². The number of sulfone groups is 1. The summed E-state index contributed by atoms with van der Waals surface area (Å²) in [6.45, 7) is 1.48. The van der Waals surface area contributed by atoms with Crippen molar-refractivity contribution < 1.29 is 13.5 Å². The van der Waals surface area contributed by atoms with Gasteiger partial charge in [-0.15, -0.1) is 11.6 Å². The SMILES string of the molecule is CCS(=O)(=O)[C@H](Cl)[C@@H](O)c1cccc(Cl)c1. The summed E-state index contributed by atoms with van der Waals surface area (Å²) in [6.07, 6.45) is -1.27. The molecule has 0 aliphatic heterocycles. The minimum Gasteiger partial charge on any atom is -0.386 e. The number of benzene rings is 1. The number of halogens is 2. The van der Waals surface area contributed by atoms with Crippen molar-refractivity contribution in [1.29, 1.82) is 0 Å². The maximum atomic E-state index is 11.5. The van der Waals surface area contributed by atoms with Crippen molar-refractivity contribution >= 4 is 33.0 Å². The molecule has 6 heteroatoms. The predicted molar refractivity (Wildman–Crippen MR) is 65.5 cm³/mol. The highest BCUT2D eigenvalue weighted by molar-refractivity contribution is 7.93. The molecule has 0 heterocycles. The van der Waals surface area contributed by atoms with E-state index >= 15 is 0 Å². The van der Waals surface area contributed by atoms with Gasteiger partial charge in [0, 0.05) is 10.8 Å². The van der Waals surface area contributed by atoms with Crippen LogP contribution in [0.2, 0.25) is 5.02 Å². The Balaban J connectivity index is 2.99. The molecule has 0 unspecified atom stereocenters. The summed E-state index contributed by atoms with van der Waals surface area (Å²) in [5.41, 5.74) is 0.393. The Labute approximate surface area is 105 Å². The lowest BCUT2D eigenvalue weighted by Crippen LogP contribution is -2.24. The van der Waals surface area contributed by atoms with Crippen LogP contribution in [0.15, 0.2) is 24.3 Å². The Morgan fingerprint density at radius 3 is 2.56 bits per heavy atom. The molecule has 0 aliphatic carbocycles. The van der Waals surface area contributed by atoms with Crippen molar-refractivity contribution in [2.24, 2.45) is 0 Å². The highest BCUT2D eigenvalue weighted by atomic mass is 35.5. The maximum Gasteiger partial charge on any atom is 0.169 e. The second-order valence-electron chi connectivity index (χ2n) is 3.30. The second-order valence-corrected chi connectivity index (χ2v) is 6.88. The van der Waals surface area contributed by atoms with E-state index in [1.54, 1.807) is 18.2 Å². The smallest absolute Gasteiger partial charge is 0.169 e. The van der Waals surface area contributed by atoms with E-state index in [1.807, 2.05) is 0 Å². The Kier molecular flexibility index (Phi) is 4.62. The number of hydrogen-bond donors (Lipinski definition) is 1. The molecule has 0 bridgehead atoms. The van der Waals surface area contributed by atoms with Gasteiger partial charge in [-0.3, -0.25) is 0 Å². The molecule has 1 rings (SSSR count). The summed E-state index contributed by atoms with van der Waals surface area (Å²) < 4.78 is 21.6. The summed E-state index contributed by atoms with van der Waals surface area (Å²) in [5, 5.41) is 10.2. The molecule has 0 spiro atoms. The average molecular weight is 283 g/mol. The van der Waals surface area contributed by atoms with Crippen molar-refractivity contribution in [3.8, 4) is 0 Å². The summed E-state index contributed by atoms with van der Waals surface area (Å²) in [7, 11) is -3.49. The van der Waals surface area contributed by atoms with Crippen LogP contribution < -0.4 is 0 Å². The molecule has 0 fully saturated rings. The zero-order chi connectivity index (χ0) is 12.3. The average Bonchev–Trinajstić information content (AvgIpc) is 2.27. The van der Waals surface area contributed by atoms with Crippen LogP contribution in [0.4, 0.5) is 0 Å². The number of alkyl halides is 1. The fourth-order valence-corrected chi connectivity index (χ4v) is 2.79. The minimum absolute atomic E-state index is 0.112. The predicted octanol–water partition coefficient (Wildman–Crippen LogP) is 2.37. The Morgan fingerprint density at radius 1 is 1.44 bits per heavy atom. The topological polar surface area (TPSA) is 54.4 Å². The first-order chi connectivity index (χ1) is 7.38. The van der Waals surface area contributed by atoms with Gasteiger partial charge < -0.3 is 5.11 Å². The quantitative estimate of drug-likeness (QED) is 0.863. The van der Waals surface area contributed by atoms with Gasteiger partial charge in [-0.05, 0) is 17.7 Å². The van der Waals surface area contributed by atoms with Crippen molar-refractivity contribution in [1.82, 2.24) is 0 Å². The highest BCUT2D eigenvalue weighted by Gasteiger charge is 2.29. The maximum absolute atomic E-state index is 11.5. The number of aliphatic hydroxyl groups excluding tert-OH is 1. The molecule has 1 N–H and O–H groups in total. The number of hydrogen-bond acceptors (Lipinski definition) is 3. The molecular weight excluding hydrogens is 271 g/mol. The second kappa shape index (κ2) is 5.36. The molecule has 0 aliphatic rings. The third kappa shape index (κ3) is 3.10. The van der Waals surface area contributed by atoms with E-state index in [0.29, 0.717) is 10.6 Å². The van der Waals surface area contributed by atoms with Crippen LogP contribution in [0.1, 0.15) is 18.6 Å². The fraction of sp³-hybridized carbons (Fsp3) is 0.400. The third-order valence-corrected chi connectivity index (χ3v) is 5.22. The van der Waals surface area contributed by atoms with Gasteiger partial charge in [-0.2, -0.15) is 0 Å². The molecule has 1 aromatic rings. The molecule has 1 aromatic carbocycles. The fourth-order valence-electron chi connectivity index (χ4n) is 1.20. The van der Waals surface area contributed by atoms with Gasteiger partial charge in [-0.1, -0.05) is 30.7 Å². The largest absolute Gasteiger partial charge is 0.386 e. The van der Waals surface area contributed by atoms with Gasteiger partial charge in [0.15, 0.2) is 14.5 Å². The van der Waals surface area contributed by atoms with Crippen LogP contribution in [0.25, 0.3) is 0 Å². The van der Waals surface area contributed by atoms with Crippen LogP contribution in [0.3, 0.4) is 0 Å².